The molecular formula is C23H44N8O5. The Hall–Kier alpha value is -3.22. The number of nitrogens with one attached hydrogen (secondary N) is 3. The summed E-state index contributed by atoms with van der Waals surface area (Å²) in [5.41, 5.74) is 21.7. The summed E-state index contributed by atoms with van der Waals surface area (Å²) in [7, 11) is 0. The number of primary amides is 1. The summed E-state index contributed by atoms with van der Waals surface area (Å²) in [4.78, 5) is 65.1. The molecule has 0 aromatic rings. The van der Waals surface area contributed by atoms with E-state index in [4.69, 9.17) is 22.9 Å². The van der Waals surface area contributed by atoms with Crippen molar-refractivity contribution in [3.8, 4) is 0 Å². The smallest absolute Gasteiger partial charge is 0.243 e. The van der Waals surface area contributed by atoms with E-state index in [0.29, 0.717) is 32.1 Å². The average molecular weight is 513 g/mol. The maximum absolute atomic E-state index is 13.1. The summed E-state index contributed by atoms with van der Waals surface area (Å²) < 4.78 is 0. The van der Waals surface area contributed by atoms with Gasteiger partial charge in [-0.1, -0.05) is 27.7 Å². The van der Waals surface area contributed by atoms with Gasteiger partial charge in [0.25, 0.3) is 0 Å². The van der Waals surface area contributed by atoms with E-state index < -0.39 is 47.8 Å². The van der Waals surface area contributed by atoms with Crippen LogP contribution >= 0.6 is 0 Å². The average Bonchev–Trinajstić information content (AvgIpc) is 2.76. The second-order valence-electron chi connectivity index (χ2n) is 9.69. The quantitative estimate of drug-likeness (QED) is 0.0486. The predicted octanol–water partition coefficient (Wildman–Crippen LogP) is -1.62. The van der Waals surface area contributed by atoms with Crippen molar-refractivity contribution in [1.82, 2.24) is 16.0 Å². The fourth-order valence-corrected chi connectivity index (χ4v) is 3.40. The van der Waals surface area contributed by atoms with Gasteiger partial charge in [0.15, 0.2) is 5.96 Å². The first-order valence-electron chi connectivity index (χ1n) is 12.2. The number of nitrogens with two attached hydrogens (primary N) is 4. The third kappa shape index (κ3) is 14.9. The van der Waals surface area contributed by atoms with Crippen LogP contribution in [0.3, 0.4) is 0 Å². The number of carbonyl (C=O) groups excluding carboxylic acids is 5. The molecule has 13 heteroatoms. The number of hydrogen-bond acceptors (Lipinski definition) is 7. The SMILES string of the molecule is CC(C)C[C@@H](C=O)NC(=O)[C@H](CC(C)C)NC(=O)[C@H](CCC(N)=O)NC(=O)[C@@H](N)CCCN=C(N)N. The fraction of sp³-hybridized carbons (Fsp3) is 0.739. The molecule has 0 heterocycles. The molecule has 4 amide bonds. The van der Waals surface area contributed by atoms with Gasteiger partial charge in [0, 0.05) is 13.0 Å². The molecule has 0 saturated heterocycles. The second-order valence-corrected chi connectivity index (χ2v) is 9.69. The molecule has 0 rings (SSSR count). The van der Waals surface area contributed by atoms with E-state index in [0.717, 1.165) is 0 Å². The molecule has 4 atom stereocenters. The lowest BCUT2D eigenvalue weighted by Gasteiger charge is -2.26. The second kappa shape index (κ2) is 17.2. The highest BCUT2D eigenvalue weighted by atomic mass is 16.2. The zero-order valence-corrected chi connectivity index (χ0v) is 21.8. The van der Waals surface area contributed by atoms with E-state index >= 15 is 0 Å². The van der Waals surface area contributed by atoms with Crippen LogP contribution in [0.1, 0.15) is 66.2 Å². The molecule has 0 aromatic carbocycles. The van der Waals surface area contributed by atoms with Gasteiger partial charge in [0.05, 0.1) is 12.1 Å². The van der Waals surface area contributed by atoms with Crippen molar-refractivity contribution in [3.05, 3.63) is 0 Å². The van der Waals surface area contributed by atoms with Gasteiger partial charge in [-0.2, -0.15) is 0 Å². The van der Waals surface area contributed by atoms with Crippen molar-refractivity contribution in [1.29, 1.82) is 0 Å². The number of carbonyl (C=O) groups is 5. The fourth-order valence-electron chi connectivity index (χ4n) is 3.40. The summed E-state index contributed by atoms with van der Waals surface area (Å²) in [5, 5.41) is 7.85. The highest BCUT2D eigenvalue weighted by Crippen LogP contribution is 2.09. The van der Waals surface area contributed by atoms with Crippen LogP contribution < -0.4 is 38.9 Å². The Morgan fingerprint density at radius 2 is 1.36 bits per heavy atom. The molecule has 0 aliphatic heterocycles. The van der Waals surface area contributed by atoms with Gasteiger partial charge in [0.1, 0.15) is 18.4 Å². The van der Waals surface area contributed by atoms with Crippen molar-refractivity contribution in [2.45, 2.75) is 90.4 Å². The summed E-state index contributed by atoms with van der Waals surface area (Å²) in [6.07, 6.45) is 1.87. The van der Waals surface area contributed by atoms with Crippen molar-refractivity contribution < 1.29 is 24.0 Å². The minimum Gasteiger partial charge on any atom is -0.370 e. The van der Waals surface area contributed by atoms with E-state index in [1.165, 1.54) is 0 Å². The lowest BCUT2D eigenvalue weighted by Crippen LogP contribution is -2.57. The van der Waals surface area contributed by atoms with E-state index in [9.17, 15) is 24.0 Å². The molecular weight excluding hydrogens is 468 g/mol. The Morgan fingerprint density at radius 3 is 1.86 bits per heavy atom. The predicted molar refractivity (Wildman–Crippen MR) is 137 cm³/mol. The number of amides is 4. The molecule has 13 nitrogen and oxygen atoms in total. The van der Waals surface area contributed by atoms with Gasteiger partial charge in [-0.15, -0.1) is 0 Å². The van der Waals surface area contributed by atoms with Gasteiger partial charge < -0.3 is 43.7 Å². The number of aliphatic imine (C=N–C) groups is 1. The Morgan fingerprint density at radius 1 is 0.806 bits per heavy atom. The topological polar surface area (TPSA) is 238 Å². The molecule has 11 N–H and O–H groups in total. The molecule has 36 heavy (non-hydrogen) atoms. The Balaban J connectivity index is 5.40. The van der Waals surface area contributed by atoms with Crippen molar-refractivity contribution in [3.63, 3.8) is 0 Å². The van der Waals surface area contributed by atoms with E-state index in [-0.39, 0.29) is 37.1 Å². The molecule has 0 aromatic heterocycles. The van der Waals surface area contributed by atoms with Gasteiger partial charge >= 0.3 is 0 Å². The van der Waals surface area contributed by atoms with Crippen LogP contribution in [0.15, 0.2) is 4.99 Å². The van der Waals surface area contributed by atoms with Crippen LogP contribution in [0, 0.1) is 11.8 Å². The number of nitrogens with zero attached hydrogens (tertiary/aromatic N) is 1. The Bertz CT molecular complexity index is 768. The minimum atomic E-state index is -1.14. The Labute approximate surface area is 212 Å². The third-order valence-corrected chi connectivity index (χ3v) is 5.17. The van der Waals surface area contributed by atoms with Crippen LogP contribution in [0.4, 0.5) is 0 Å². The largest absolute Gasteiger partial charge is 0.370 e. The monoisotopic (exact) mass is 512 g/mol. The standard InChI is InChI=1S/C23H44N8O5/c1-13(2)10-15(12-32)29-22(36)18(11-14(3)4)31-21(35)17(7-8-19(25)33)30-20(34)16(24)6-5-9-28-23(26)27/h12-18H,5-11,24H2,1-4H3,(H2,25,33)(H,29,36)(H,30,34)(H,31,35)(H4,26,27,28)/t15-,16-,17-,18-/m0/s1. The van der Waals surface area contributed by atoms with Crippen LogP contribution in [0.25, 0.3) is 0 Å². The first-order chi connectivity index (χ1) is 16.8. The molecule has 0 saturated carbocycles. The van der Waals surface area contributed by atoms with Crippen LogP contribution in [0.2, 0.25) is 0 Å². The number of rotatable bonds is 18. The van der Waals surface area contributed by atoms with Crippen molar-refractivity contribution in [2.24, 2.45) is 39.8 Å². The molecule has 0 aliphatic carbocycles. The van der Waals surface area contributed by atoms with Crippen LogP contribution in [0.5, 0.6) is 0 Å². The van der Waals surface area contributed by atoms with Gasteiger partial charge in [0.2, 0.25) is 23.6 Å². The first-order valence-corrected chi connectivity index (χ1v) is 12.2. The Kier molecular flexibility index (Phi) is 15.7. The number of aldehydes is 1. The molecule has 0 spiro atoms. The highest BCUT2D eigenvalue weighted by Gasteiger charge is 2.29. The number of guanidine groups is 1. The summed E-state index contributed by atoms with van der Waals surface area (Å²) in [5.74, 6) is -2.28. The third-order valence-electron chi connectivity index (χ3n) is 5.17. The minimum absolute atomic E-state index is 0.0399. The first kappa shape index (κ1) is 32.8. The van der Waals surface area contributed by atoms with Crippen molar-refractivity contribution in [2.75, 3.05) is 6.54 Å². The summed E-state index contributed by atoms with van der Waals surface area (Å²) in [6, 6.07) is -3.73. The molecule has 0 fully saturated rings. The van der Waals surface area contributed by atoms with Crippen LogP contribution in [-0.2, 0) is 24.0 Å². The molecule has 0 radical (unpaired) electrons. The van der Waals surface area contributed by atoms with Gasteiger partial charge in [-0.25, -0.2) is 0 Å². The normalized spacial score (nSPS) is 14.3. The maximum atomic E-state index is 13.1. The number of hydrogen-bond donors (Lipinski definition) is 7. The zero-order chi connectivity index (χ0) is 27.8. The summed E-state index contributed by atoms with van der Waals surface area (Å²) in [6.45, 7) is 7.90. The van der Waals surface area contributed by atoms with Gasteiger partial charge in [-0.3, -0.25) is 24.2 Å². The van der Waals surface area contributed by atoms with Gasteiger partial charge in [-0.05, 0) is 43.9 Å². The zero-order valence-electron chi connectivity index (χ0n) is 21.8. The highest BCUT2D eigenvalue weighted by molar-refractivity contribution is 5.93. The molecule has 0 unspecified atom stereocenters. The summed E-state index contributed by atoms with van der Waals surface area (Å²) >= 11 is 0. The van der Waals surface area contributed by atoms with Crippen molar-refractivity contribution >= 4 is 35.9 Å². The van der Waals surface area contributed by atoms with E-state index in [1.807, 2.05) is 27.7 Å². The van der Waals surface area contributed by atoms with E-state index in [2.05, 4.69) is 20.9 Å². The lowest BCUT2D eigenvalue weighted by molar-refractivity contribution is -0.133. The lowest BCUT2D eigenvalue weighted by atomic mass is 10.00. The maximum Gasteiger partial charge on any atom is 0.243 e. The van der Waals surface area contributed by atoms with E-state index in [1.54, 1.807) is 0 Å². The van der Waals surface area contributed by atoms with Crippen LogP contribution in [-0.4, -0.2) is 66.6 Å². The molecule has 0 bridgehead atoms. The molecule has 0 aliphatic rings. The molecule has 206 valence electrons.